The Labute approximate surface area is 239 Å². The number of nitrogens with zero attached hydrogens (tertiary/aromatic N) is 6. The molecule has 0 atom stereocenters. The first-order chi connectivity index (χ1) is 19.7. The number of nitriles is 1. The highest BCUT2D eigenvalue weighted by molar-refractivity contribution is 6.76. The topological polar surface area (TPSA) is 129 Å². The van der Waals surface area contributed by atoms with Gasteiger partial charge in [0, 0.05) is 50.0 Å². The van der Waals surface area contributed by atoms with Gasteiger partial charge >= 0.3 is 0 Å². The summed E-state index contributed by atoms with van der Waals surface area (Å²) >= 11 is 0. The molecule has 0 saturated carbocycles. The third kappa shape index (κ3) is 6.38. The summed E-state index contributed by atoms with van der Waals surface area (Å²) in [4.78, 5) is 21.2. The lowest BCUT2D eigenvalue weighted by Crippen LogP contribution is -2.51. The normalized spacial score (nSPS) is 14.3. The molecule has 1 aliphatic rings. The second-order valence-corrected chi connectivity index (χ2v) is 16.9. The molecule has 0 spiro atoms. The van der Waals surface area contributed by atoms with Gasteiger partial charge in [-0.3, -0.25) is 9.48 Å². The molecule has 0 bridgehead atoms. The standard InChI is InChI=1S/C29H33N7O4Si/c1-5-25(37)33-22-7-6-8-23(13-22)40-26-15-31-28-27(34-26)24(17-35(28)20-38-11-12-41(2,3)4)21-14-32-36(16-21)29(9-10-30)18-39-19-29/h5-8,13-17H,1,9,11-12,18-20H2,2-4H3,(H,33,37). The highest BCUT2D eigenvalue weighted by atomic mass is 28.3. The summed E-state index contributed by atoms with van der Waals surface area (Å²) in [7, 11) is -1.23. The molecule has 11 nitrogen and oxygen atoms in total. The van der Waals surface area contributed by atoms with E-state index in [-0.39, 0.29) is 5.91 Å². The van der Waals surface area contributed by atoms with E-state index in [0.717, 1.165) is 17.2 Å². The fraction of sp³-hybridized carbons (Fsp3) is 0.345. The molecule has 1 fully saturated rings. The van der Waals surface area contributed by atoms with Crippen LogP contribution < -0.4 is 10.1 Å². The maximum absolute atomic E-state index is 11.7. The van der Waals surface area contributed by atoms with Crippen LogP contribution in [0.5, 0.6) is 11.6 Å². The second kappa shape index (κ2) is 11.7. The molecule has 4 heterocycles. The highest BCUT2D eigenvalue weighted by Crippen LogP contribution is 2.34. The molecule has 1 aliphatic heterocycles. The number of hydrogen-bond donors (Lipinski definition) is 1. The number of carbonyl (C=O) groups excluding carboxylic acids is 1. The molecule has 1 aromatic carbocycles. The Kier molecular flexibility index (Phi) is 8.03. The zero-order chi connectivity index (χ0) is 29.0. The van der Waals surface area contributed by atoms with E-state index in [2.05, 4.69) is 47.7 Å². The minimum absolute atomic E-state index is 0.295. The Bertz CT molecular complexity index is 1610. The molecule has 0 unspecified atom stereocenters. The fourth-order valence-electron chi connectivity index (χ4n) is 4.41. The van der Waals surface area contributed by atoms with Crippen molar-refractivity contribution in [3.8, 4) is 28.8 Å². The molecule has 1 saturated heterocycles. The van der Waals surface area contributed by atoms with Gasteiger partial charge in [0.15, 0.2) is 5.65 Å². The van der Waals surface area contributed by atoms with Crippen molar-refractivity contribution in [2.24, 2.45) is 0 Å². The first-order valence-corrected chi connectivity index (χ1v) is 17.1. The summed E-state index contributed by atoms with van der Waals surface area (Å²) in [6, 6.07) is 10.3. The Morgan fingerprint density at radius 1 is 1.29 bits per heavy atom. The van der Waals surface area contributed by atoms with E-state index in [1.54, 1.807) is 36.7 Å². The van der Waals surface area contributed by atoms with Crippen molar-refractivity contribution in [3.63, 3.8) is 0 Å². The third-order valence-corrected chi connectivity index (χ3v) is 8.51. The van der Waals surface area contributed by atoms with Gasteiger partial charge in [-0.05, 0) is 24.3 Å². The molecule has 0 radical (unpaired) electrons. The van der Waals surface area contributed by atoms with E-state index in [1.807, 2.05) is 21.6 Å². The Hall–Kier alpha value is -4.31. The van der Waals surface area contributed by atoms with Crippen molar-refractivity contribution >= 4 is 30.8 Å². The first-order valence-electron chi connectivity index (χ1n) is 13.3. The molecule has 12 heteroatoms. The molecule has 4 aromatic rings. The number of hydrogen-bond acceptors (Lipinski definition) is 8. The van der Waals surface area contributed by atoms with E-state index >= 15 is 0 Å². The smallest absolute Gasteiger partial charge is 0.247 e. The maximum atomic E-state index is 11.7. The zero-order valence-electron chi connectivity index (χ0n) is 23.5. The van der Waals surface area contributed by atoms with Crippen molar-refractivity contribution in [2.75, 3.05) is 25.1 Å². The van der Waals surface area contributed by atoms with Crippen LogP contribution in [0.15, 0.2) is 61.7 Å². The molecular formula is C29H33N7O4Si. The molecule has 3 aromatic heterocycles. The lowest BCUT2D eigenvalue weighted by molar-refractivity contribution is -0.111. The second-order valence-electron chi connectivity index (χ2n) is 11.3. The van der Waals surface area contributed by atoms with E-state index in [1.165, 1.54) is 6.08 Å². The number of rotatable bonds is 12. The number of carbonyl (C=O) groups is 1. The van der Waals surface area contributed by atoms with Crippen LogP contribution in [0.1, 0.15) is 6.42 Å². The predicted molar refractivity (Wildman–Crippen MR) is 157 cm³/mol. The number of benzene rings is 1. The van der Waals surface area contributed by atoms with E-state index in [0.29, 0.717) is 61.5 Å². The number of fused-ring (bicyclic) bond motifs is 1. The van der Waals surface area contributed by atoms with Crippen molar-refractivity contribution in [3.05, 3.63) is 61.7 Å². The Morgan fingerprint density at radius 3 is 2.83 bits per heavy atom. The minimum Gasteiger partial charge on any atom is -0.437 e. The van der Waals surface area contributed by atoms with Crippen LogP contribution in [0.25, 0.3) is 22.3 Å². The Balaban J connectivity index is 1.47. The SMILES string of the molecule is C=CC(=O)Nc1cccc(Oc2cnc3c(n2)c(-c2cnn(C4(CC#N)COC4)c2)cn3COCC[Si](C)(C)C)c1. The van der Waals surface area contributed by atoms with Crippen LogP contribution in [0, 0.1) is 11.3 Å². The molecular weight excluding hydrogens is 538 g/mol. The van der Waals surface area contributed by atoms with Gasteiger partial charge in [0.2, 0.25) is 11.8 Å². The average molecular weight is 572 g/mol. The number of anilines is 1. The summed E-state index contributed by atoms with van der Waals surface area (Å²) in [6.45, 7) is 12.3. The number of amides is 1. The van der Waals surface area contributed by atoms with Gasteiger partial charge in [0.25, 0.3) is 0 Å². The lowest BCUT2D eigenvalue weighted by Gasteiger charge is -2.39. The quantitative estimate of drug-likeness (QED) is 0.140. The highest BCUT2D eigenvalue weighted by Gasteiger charge is 2.41. The van der Waals surface area contributed by atoms with Crippen LogP contribution in [0.4, 0.5) is 5.69 Å². The van der Waals surface area contributed by atoms with Crippen LogP contribution in [0.3, 0.4) is 0 Å². The fourth-order valence-corrected chi connectivity index (χ4v) is 5.17. The largest absolute Gasteiger partial charge is 0.437 e. The zero-order valence-corrected chi connectivity index (χ0v) is 24.5. The lowest BCUT2D eigenvalue weighted by atomic mass is 9.94. The van der Waals surface area contributed by atoms with E-state index in [4.69, 9.17) is 19.2 Å². The molecule has 5 rings (SSSR count). The van der Waals surface area contributed by atoms with Gasteiger partial charge in [-0.2, -0.15) is 10.4 Å². The van der Waals surface area contributed by atoms with Gasteiger partial charge in [-0.25, -0.2) is 9.97 Å². The van der Waals surface area contributed by atoms with Gasteiger partial charge in [0.1, 0.15) is 23.5 Å². The average Bonchev–Trinajstić information content (AvgIpc) is 3.53. The minimum atomic E-state index is -1.23. The van der Waals surface area contributed by atoms with E-state index < -0.39 is 13.6 Å². The molecule has 1 N–H and O–H groups in total. The summed E-state index contributed by atoms with van der Waals surface area (Å²) < 4.78 is 21.3. The van der Waals surface area contributed by atoms with Gasteiger partial charge in [-0.1, -0.05) is 32.3 Å². The van der Waals surface area contributed by atoms with Crippen LogP contribution >= 0.6 is 0 Å². The third-order valence-electron chi connectivity index (χ3n) is 6.81. The molecule has 0 aliphatic carbocycles. The van der Waals surface area contributed by atoms with Gasteiger partial charge < -0.3 is 24.1 Å². The molecule has 212 valence electrons. The first kappa shape index (κ1) is 28.2. The van der Waals surface area contributed by atoms with Gasteiger partial charge in [0.05, 0.1) is 38.1 Å². The summed E-state index contributed by atoms with van der Waals surface area (Å²) in [6.07, 6.45) is 8.73. The van der Waals surface area contributed by atoms with Crippen molar-refractivity contribution in [1.29, 1.82) is 5.26 Å². The van der Waals surface area contributed by atoms with Crippen LogP contribution in [-0.4, -0.2) is 58.1 Å². The summed E-state index contributed by atoms with van der Waals surface area (Å²) in [5, 5.41) is 16.7. The summed E-state index contributed by atoms with van der Waals surface area (Å²) in [5.41, 5.74) is 3.04. The van der Waals surface area contributed by atoms with Crippen LogP contribution in [0.2, 0.25) is 25.7 Å². The maximum Gasteiger partial charge on any atom is 0.247 e. The molecule has 1 amide bonds. The number of ether oxygens (including phenoxy) is 3. The van der Waals surface area contributed by atoms with Crippen molar-refractivity contribution < 1.29 is 19.0 Å². The van der Waals surface area contributed by atoms with Gasteiger partial charge in [-0.15, -0.1) is 0 Å². The van der Waals surface area contributed by atoms with Crippen molar-refractivity contribution in [2.45, 2.75) is 44.4 Å². The predicted octanol–water partition coefficient (Wildman–Crippen LogP) is 5.16. The monoisotopic (exact) mass is 571 g/mol. The van der Waals surface area contributed by atoms with Crippen LogP contribution in [-0.2, 0) is 26.5 Å². The molecule has 41 heavy (non-hydrogen) atoms. The van der Waals surface area contributed by atoms with Crippen molar-refractivity contribution in [1.82, 2.24) is 24.3 Å². The Morgan fingerprint density at radius 2 is 2.12 bits per heavy atom. The summed E-state index contributed by atoms with van der Waals surface area (Å²) in [5.74, 6) is 0.475. The number of nitrogens with one attached hydrogen (secondary N) is 1. The number of aromatic nitrogens is 5. The van der Waals surface area contributed by atoms with E-state index in [9.17, 15) is 10.1 Å².